The number of amides is 5. The quantitative estimate of drug-likeness (QED) is 0.0158. The number of nitrogens with two attached hydrogens (primary N) is 1. The molecule has 2 aliphatic rings. The molecule has 2 atom stereocenters. The Balaban J connectivity index is 0.000000236. The summed E-state index contributed by atoms with van der Waals surface area (Å²) in [7, 11) is 3.23. The first-order chi connectivity index (χ1) is 41.1. The van der Waals surface area contributed by atoms with Crippen LogP contribution in [0.15, 0.2) is 121 Å². The van der Waals surface area contributed by atoms with Gasteiger partial charge in [-0.05, 0) is 47.5 Å². The first-order valence-corrected chi connectivity index (χ1v) is 27.4. The van der Waals surface area contributed by atoms with Gasteiger partial charge in [0, 0.05) is 63.7 Å². The molecule has 6 aromatic carbocycles. The zero-order valence-electron chi connectivity index (χ0n) is 47.4. The largest absolute Gasteiger partial charge is 0.448 e. The maximum absolute atomic E-state index is 13.3. The highest BCUT2D eigenvalue weighted by atomic mass is 16.6. The summed E-state index contributed by atoms with van der Waals surface area (Å²) >= 11 is 0. The fourth-order valence-corrected chi connectivity index (χ4v) is 9.03. The molecule has 21 nitrogen and oxygen atoms in total. The molecule has 0 radical (unpaired) electrons. The number of carbonyl (C=O) groups is 5. The van der Waals surface area contributed by atoms with Crippen molar-refractivity contribution in [1.82, 2.24) is 9.80 Å². The van der Waals surface area contributed by atoms with Gasteiger partial charge in [0.15, 0.2) is 0 Å². The molecule has 21 heteroatoms. The number of hydrogen-bond acceptors (Lipinski definition) is 16. The SMILES string of the molecule is COCCOCCOCCOCCN1C(=O)c2cccc3c(N)ccc(c23)C1=O.[C-]#[N+]CC(CO)c1ccccc1.[C-]#[N+]CC(COC(=O)Nc1ccc2c3c(cccc13)C(=O)N(CCOCCOCCOCCOC)C2=O)c1ccccc1. The van der Waals surface area contributed by atoms with Gasteiger partial charge in [-0.25, -0.2) is 17.9 Å². The van der Waals surface area contributed by atoms with Crippen LogP contribution in [0.25, 0.3) is 31.2 Å². The van der Waals surface area contributed by atoms with Crippen molar-refractivity contribution in [2.24, 2.45) is 0 Å². The van der Waals surface area contributed by atoms with Crippen LogP contribution in [0.2, 0.25) is 0 Å². The van der Waals surface area contributed by atoms with Crippen molar-refractivity contribution in [3.8, 4) is 0 Å². The van der Waals surface area contributed by atoms with E-state index in [4.69, 9.17) is 66.6 Å². The third-order valence-electron chi connectivity index (χ3n) is 13.3. The molecular weight excluding hydrogens is 1080 g/mol. The van der Waals surface area contributed by atoms with Gasteiger partial charge >= 0.3 is 6.09 Å². The number of ether oxygens (including phenoxy) is 9. The molecule has 0 saturated carbocycles. The normalized spacial score (nSPS) is 13.1. The van der Waals surface area contributed by atoms with E-state index < -0.39 is 17.9 Å². The fourth-order valence-electron chi connectivity index (χ4n) is 9.03. The minimum atomic E-state index is -0.693. The summed E-state index contributed by atoms with van der Waals surface area (Å²) < 4.78 is 47.8. The second-order valence-corrected chi connectivity index (χ2v) is 18.8. The number of nitrogen functional groups attached to an aromatic ring is 1. The summed E-state index contributed by atoms with van der Waals surface area (Å²) in [5.74, 6) is -1.80. The predicted molar refractivity (Wildman–Crippen MR) is 315 cm³/mol. The Morgan fingerprint density at radius 3 is 1.35 bits per heavy atom. The highest BCUT2D eigenvalue weighted by Gasteiger charge is 2.35. The fraction of sp³-hybridized carbons (Fsp3) is 0.381. The molecule has 0 saturated heterocycles. The molecule has 2 heterocycles. The van der Waals surface area contributed by atoms with E-state index in [2.05, 4.69) is 15.0 Å². The van der Waals surface area contributed by atoms with Crippen molar-refractivity contribution in [2.75, 3.05) is 157 Å². The lowest BCUT2D eigenvalue weighted by Crippen LogP contribution is -2.42. The lowest BCUT2D eigenvalue weighted by molar-refractivity contribution is 0.00145. The molecule has 0 bridgehead atoms. The van der Waals surface area contributed by atoms with Crippen molar-refractivity contribution >= 4 is 62.6 Å². The van der Waals surface area contributed by atoms with Crippen LogP contribution < -0.4 is 11.1 Å². The minimum absolute atomic E-state index is 0.0244. The average molecular weight is 1150 g/mol. The number of carbonyl (C=O) groups excluding carboxylic acids is 5. The number of methoxy groups -OCH3 is 2. The molecule has 0 aromatic heterocycles. The lowest BCUT2D eigenvalue weighted by Gasteiger charge is -2.27. The zero-order chi connectivity index (χ0) is 59.9. The molecule has 2 aliphatic heterocycles. The Labute approximate surface area is 489 Å². The van der Waals surface area contributed by atoms with Gasteiger partial charge in [0.25, 0.3) is 23.6 Å². The average Bonchev–Trinajstić information content (AvgIpc) is 3.52. The Morgan fingerprint density at radius 2 is 0.893 bits per heavy atom. The van der Waals surface area contributed by atoms with Crippen LogP contribution in [0, 0.1) is 13.1 Å². The third-order valence-corrected chi connectivity index (χ3v) is 13.3. The summed E-state index contributed by atoms with van der Waals surface area (Å²) in [4.78, 5) is 74.1. The van der Waals surface area contributed by atoms with Crippen LogP contribution in [0.4, 0.5) is 16.2 Å². The first kappa shape index (κ1) is 65.0. The van der Waals surface area contributed by atoms with Crippen LogP contribution in [-0.2, 0) is 42.6 Å². The summed E-state index contributed by atoms with van der Waals surface area (Å²) in [5, 5.41) is 14.1. The van der Waals surface area contributed by atoms with Gasteiger partial charge in [-0.2, -0.15) is 0 Å². The number of nitrogens with zero attached hydrogens (tertiary/aromatic N) is 4. The minimum Gasteiger partial charge on any atom is -0.448 e. The molecule has 8 rings (SSSR count). The van der Waals surface area contributed by atoms with E-state index in [1.54, 1.807) is 68.8 Å². The molecule has 2 unspecified atom stereocenters. The van der Waals surface area contributed by atoms with Crippen LogP contribution in [0.1, 0.15) is 64.4 Å². The molecule has 444 valence electrons. The standard InChI is InChI=1S/C32H35N3O8.C21H26N2O6.C10H11NO/c1-33-21-24(23-7-4-3-5-8-23)22-43-32(38)34-28-12-11-27-29-25(28)9-6-10-26(29)30(36)35(31(27)37)13-14-40-17-18-42-20-19-41-16-15-39-2;1-26-9-10-28-13-14-29-12-11-27-8-7-23-20(24)16-4-2-3-15-18(22)6-5-17(19(15)16)21(23)25;1-11-7-10(8-12)9-5-3-2-4-6-9/h3-12,24H,13-22H2,2H3,(H,34,38);2-6H,7-14,22H2,1H3;2-6,10,12H,7-8H2. The van der Waals surface area contributed by atoms with Crippen molar-refractivity contribution < 1.29 is 71.7 Å². The molecule has 84 heavy (non-hydrogen) atoms. The lowest BCUT2D eigenvalue weighted by atomic mass is 9.93. The highest BCUT2D eigenvalue weighted by molar-refractivity contribution is 6.28. The zero-order valence-corrected chi connectivity index (χ0v) is 47.4. The van der Waals surface area contributed by atoms with Gasteiger partial charge in [-0.3, -0.25) is 34.3 Å². The number of nitrogens with one attached hydrogen (secondary N) is 1. The molecule has 0 spiro atoms. The highest BCUT2D eigenvalue weighted by Crippen LogP contribution is 2.35. The monoisotopic (exact) mass is 1150 g/mol. The van der Waals surface area contributed by atoms with Crippen molar-refractivity contribution in [1.29, 1.82) is 0 Å². The Hall–Kier alpha value is -8.19. The van der Waals surface area contributed by atoms with Gasteiger partial charge in [0.1, 0.15) is 6.61 Å². The molecule has 4 N–H and O–H groups in total. The van der Waals surface area contributed by atoms with Gasteiger partial charge in [-0.15, -0.1) is 0 Å². The van der Waals surface area contributed by atoms with E-state index in [-0.39, 0.29) is 69.7 Å². The van der Waals surface area contributed by atoms with E-state index in [0.29, 0.717) is 136 Å². The van der Waals surface area contributed by atoms with E-state index in [1.165, 1.54) is 9.80 Å². The molecule has 0 aliphatic carbocycles. The first-order valence-electron chi connectivity index (χ1n) is 27.4. The molecule has 6 aromatic rings. The van der Waals surface area contributed by atoms with Crippen LogP contribution in [-0.4, -0.2) is 191 Å². The summed E-state index contributed by atoms with van der Waals surface area (Å²) in [5.41, 5.74) is 10.6. The van der Waals surface area contributed by atoms with E-state index in [9.17, 15) is 24.0 Å². The third kappa shape index (κ3) is 18.7. The number of aliphatic hydroxyl groups excluding tert-OH is 1. The number of rotatable bonds is 32. The van der Waals surface area contributed by atoms with Crippen molar-refractivity contribution in [3.05, 3.63) is 178 Å². The maximum atomic E-state index is 13.3. The van der Waals surface area contributed by atoms with Gasteiger partial charge in [0.05, 0.1) is 130 Å². The number of benzene rings is 6. The van der Waals surface area contributed by atoms with E-state index in [1.807, 2.05) is 66.7 Å². The van der Waals surface area contributed by atoms with Gasteiger partial charge in [-0.1, -0.05) is 84.9 Å². The number of hydrogen-bond donors (Lipinski definition) is 3. The summed E-state index contributed by atoms with van der Waals surface area (Å²) in [6.07, 6.45) is -0.693. The second kappa shape index (κ2) is 35.7. The van der Waals surface area contributed by atoms with Crippen LogP contribution in [0.5, 0.6) is 0 Å². The molecule has 5 amide bonds. The molecule has 0 fully saturated rings. The van der Waals surface area contributed by atoms with Crippen LogP contribution in [0.3, 0.4) is 0 Å². The van der Waals surface area contributed by atoms with Gasteiger partial charge in [0.2, 0.25) is 13.1 Å². The van der Waals surface area contributed by atoms with Gasteiger partial charge < -0.3 is 63.2 Å². The smallest absolute Gasteiger partial charge is 0.411 e. The Bertz CT molecular complexity index is 3130. The number of anilines is 2. The Kier molecular flexibility index (Phi) is 27.6. The van der Waals surface area contributed by atoms with E-state index in [0.717, 1.165) is 16.5 Å². The van der Waals surface area contributed by atoms with Crippen molar-refractivity contribution in [2.45, 2.75) is 11.8 Å². The summed E-state index contributed by atoms with van der Waals surface area (Å²) in [6, 6.07) is 36.1. The van der Waals surface area contributed by atoms with Crippen molar-refractivity contribution in [3.63, 3.8) is 0 Å². The maximum Gasteiger partial charge on any atom is 0.411 e. The van der Waals surface area contributed by atoms with Crippen LogP contribution >= 0.6 is 0 Å². The van der Waals surface area contributed by atoms with E-state index >= 15 is 0 Å². The predicted octanol–water partition coefficient (Wildman–Crippen LogP) is 7.78. The number of aliphatic hydroxyl groups is 1. The Morgan fingerprint density at radius 1 is 0.500 bits per heavy atom. The summed E-state index contributed by atoms with van der Waals surface area (Å²) in [6.45, 7) is 20.7. The topological polar surface area (TPSA) is 242 Å². The number of imide groups is 2. The second-order valence-electron chi connectivity index (χ2n) is 18.8. The molecular formula is C63H72N6O15.